The summed E-state index contributed by atoms with van der Waals surface area (Å²) in [6.45, 7) is 16.3. The first-order chi connectivity index (χ1) is 8.45. The molecule has 0 aromatic carbocycles. The lowest BCUT2D eigenvalue weighted by molar-refractivity contribution is -0.905. The van der Waals surface area contributed by atoms with Crippen LogP contribution in [-0.2, 0) is 0 Å². The first-order valence-electron chi connectivity index (χ1n) is 7.58. The topological polar surface area (TPSA) is 0 Å². The minimum atomic E-state index is 1.04. The highest BCUT2D eigenvalue weighted by Gasteiger charge is 2.15. The van der Waals surface area contributed by atoms with E-state index in [4.69, 9.17) is 0 Å². The van der Waals surface area contributed by atoms with Gasteiger partial charge in [-0.05, 0) is 27.7 Å². The number of quaternary nitrogens is 2. The van der Waals surface area contributed by atoms with Crippen LogP contribution in [0, 0.1) is 11.8 Å². The molecule has 0 N–H and O–H groups in total. The van der Waals surface area contributed by atoms with Gasteiger partial charge in [0.05, 0.1) is 66.2 Å². The average Bonchev–Trinajstić information content (AvgIpc) is 2.42. The second-order valence-corrected chi connectivity index (χ2v) is 5.80. The van der Waals surface area contributed by atoms with Crippen LogP contribution >= 0.6 is 0 Å². The summed E-state index contributed by atoms with van der Waals surface area (Å²) in [6.07, 6.45) is 2.08. The zero-order valence-corrected chi connectivity index (χ0v) is 13.6. The van der Waals surface area contributed by atoms with E-state index in [0.29, 0.717) is 0 Å². The Morgan fingerprint density at radius 2 is 0.889 bits per heavy atom. The van der Waals surface area contributed by atoms with Gasteiger partial charge in [0.15, 0.2) is 0 Å². The molecule has 2 heteroatoms. The fraction of sp³-hybridized carbons (Fsp3) is 0.875. The number of hydrogen-bond donors (Lipinski definition) is 0. The Hall–Kier alpha value is -0.520. The standard InChI is InChI=1S/C16H34N2/c1-7-17(5,8-2)15-13-11-12-14-16-18(6,9-3)10-4/h7-10,13-16H2,1-6H3/q+2. The molecule has 0 aliphatic heterocycles. The quantitative estimate of drug-likeness (QED) is 0.461. The van der Waals surface area contributed by atoms with Gasteiger partial charge in [0.2, 0.25) is 0 Å². The maximum atomic E-state index is 3.35. The molecule has 0 aromatic rings. The van der Waals surface area contributed by atoms with Crippen molar-refractivity contribution in [3.05, 3.63) is 0 Å². The third kappa shape index (κ3) is 6.42. The highest BCUT2D eigenvalue weighted by atomic mass is 15.3. The molecule has 18 heavy (non-hydrogen) atoms. The average molecular weight is 254 g/mol. The summed E-state index contributed by atoms with van der Waals surface area (Å²) in [5.41, 5.74) is 0. The minimum absolute atomic E-state index is 1.04. The van der Waals surface area contributed by atoms with E-state index >= 15 is 0 Å². The third-order valence-electron chi connectivity index (χ3n) is 4.73. The van der Waals surface area contributed by atoms with Crippen molar-refractivity contribution in [2.45, 2.75) is 40.5 Å². The second kappa shape index (κ2) is 8.56. The van der Waals surface area contributed by atoms with Crippen LogP contribution in [0.1, 0.15) is 40.5 Å². The minimum Gasteiger partial charge on any atom is -0.326 e. The zero-order chi connectivity index (χ0) is 14.1. The van der Waals surface area contributed by atoms with Gasteiger partial charge in [-0.3, -0.25) is 0 Å². The van der Waals surface area contributed by atoms with E-state index < -0.39 is 0 Å². The Labute approximate surface area is 115 Å². The summed E-state index contributed by atoms with van der Waals surface area (Å²) in [5, 5.41) is 0. The van der Waals surface area contributed by atoms with Crippen LogP contribution in [0.2, 0.25) is 0 Å². The fourth-order valence-corrected chi connectivity index (χ4v) is 1.91. The summed E-state index contributed by atoms with van der Waals surface area (Å²) in [4.78, 5) is 0. The summed E-state index contributed by atoms with van der Waals surface area (Å²) < 4.78 is 2.29. The number of nitrogens with zero attached hydrogens (tertiary/aromatic N) is 2. The molecule has 0 aliphatic rings. The maximum absolute atomic E-state index is 3.35. The fourth-order valence-electron chi connectivity index (χ4n) is 1.91. The van der Waals surface area contributed by atoms with Gasteiger partial charge in [0.25, 0.3) is 0 Å². The van der Waals surface area contributed by atoms with Crippen molar-refractivity contribution in [2.75, 3.05) is 53.4 Å². The molecule has 0 bridgehead atoms. The zero-order valence-electron chi connectivity index (χ0n) is 13.6. The molecule has 0 rings (SSSR count). The van der Waals surface area contributed by atoms with Gasteiger partial charge in [-0.15, -0.1) is 0 Å². The van der Waals surface area contributed by atoms with Crippen molar-refractivity contribution < 1.29 is 8.97 Å². The van der Waals surface area contributed by atoms with Crippen molar-refractivity contribution in [1.82, 2.24) is 0 Å². The second-order valence-electron chi connectivity index (χ2n) is 5.80. The Morgan fingerprint density at radius 1 is 0.611 bits per heavy atom. The first kappa shape index (κ1) is 17.5. The lowest BCUT2D eigenvalue weighted by Gasteiger charge is -2.31. The van der Waals surface area contributed by atoms with E-state index in [1.54, 1.807) is 0 Å². The van der Waals surface area contributed by atoms with Crippen LogP contribution in [0.25, 0.3) is 0 Å². The molecule has 0 spiro atoms. The van der Waals surface area contributed by atoms with Crippen LogP contribution in [0.4, 0.5) is 0 Å². The Balaban J connectivity index is 3.94. The molecule has 0 saturated carbocycles. The van der Waals surface area contributed by atoms with Gasteiger partial charge in [-0.25, -0.2) is 0 Å². The van der Waals surface area contributed by atoms with Gasteiger partial charge in [0, 0.05) is 0 Å². The molecular formula is C16H34N2+2. The van der Waals surface area contributed by atoms with Crippen molar-refractivity contribution in [2.24, 2.45) is 0 Å². The summed E-state index contributed by atoms with van der Waals surface area (Å²) in [6, 6.07) is 0. The van der Waals surface area contributed by atoms with E-state index in [2.05, 4.69) is 53.6 Å². The summed E-state index contributed by atoms with van der Waals surface area (Å²) in [7, 11) is 4.65. The largest absolute Gasteiger partial charge is 0.326 e. The van der Waals surface area contributed by atoms with Gasteiger partial charge < -0.3 is 8.97 Å². The van der Waals surface area contributed by atoms with Gasteiger partial charge >= 0.3 is 0 Å². The number of rotatable bonds is 8. The molecule has 0 fully saturated rings. The monoisotopic (exact) mass is 254 g/mol. The van der Waals surface area contributed by atoms with Gasteiger partial charge in [-0.2, -0.15) is 0 Å². The molecule has 0 unspecified atom stereocenters. The molecule has 0 heterocycles. The Bertz CT molecular complexity index is 239. The SMILES string of the molecule is CC[N+](C)(CC)CCC#CCC[N+](C)(CC)CC. The van der Waals surface area contributed by atoms with Crippen molar-refractivity contribution in [3.8, 4) is 11.8 Å². The van der Waals surface area contributed by atoms with Crippen molar-refractivity contribution >= 4 is 0 Å². The first-order valence-corrected chi connectivity index (χ1v) is 7.58. The Morgan fingerprint density at radius 3 is 1.11 bits per heavy atom. The summed E-state index contributed by atoms with van der Waals surface area (Å²) >= 11 is 0. The lowest BCUT2D eigenvalue weighted by atomic mass is 10.3. The lowest BCUT2D eigenvalue weighted by Crippen LogP contribution is -2.44. The Kier molecular flexibility index (Phi) is 8.31. The van der Waals surface area contributed by atoms with Crippen LogP contribution in [0.5, 0.6) is 0 Å². The van der Waals surface area contributed by atoms with Crippen molar-refractivity contribution in [1.29, 1.82) is 0 Å². The van der Waals surface area contributed by atoms with E-state index in [0.717, 1.165) is 21.8 Å². The van der Waals surface area contributed by atoms with Crippen LogP contribution < -0.4 is 0 Å². The van der Waals surface area contributed by atoms with Gasteiger partial charge in [-0.1, -0.05) is 11.8 Å². The molecule has 106 valence electrons. The molecule has 0 radical (unpaired) electrons. The molecule has 0 atom stereocenters. The van der Waals surface area contributed by atoms with E-state index in [-0.39, 0.29) is 0 Å². The molecule has 2 nitrogen and oxygen atoms in total. The number of hydrogen-bond acceptors (Lipinski definition) is 0. The predicted molar refractivity (Wildman–Crippen MR) is 81.3 cm³/mol. The normalized spacial score (nSPS) is 12.1. The molecule has 0 amide bonds. The predicted octanol–water partition coefficient (Wildman–Crippen LogP) is 2.74. The van der Waals surface area contributed by atoms with E-state index in [9.17, 15) is 0 Å². The van der Waals surface area contributed by atoms with Crippen LogP contribution in [0.15, 0.2) is 0 Å². The molecule has 0 saturated heterocycles. The molecular weight excluding hydrogens is 220 g/mol. The van der Waals surface area contributed by atoms with Crippen LogP contribution in [-0.4, -0.2) is 62.3 Å². The summed E-state index contributed by atoms with van der Waals surface area (Å²) in [5.74, 6) is 6.71. The maximum Gasteiger partial charge on any atom is 0.0895 e. The molecule has 0 aromatic heterocycles. The highest BCUT2D eigenvalue weighted by molar-refractivity contribution is 4.98. The van der Waals surface area contributed by atoms with Crippen LogP contribution in [0.3, 0.4) is 0 Å². The van der Waals surface area contributed by atoms with E-state index in [1.807, 2.05) is 0 Å². The van der Waals surface area contributed by atoms with Gasteiger partial charge in [0.1, 0.15) is 0 Å². The van der Waals surface area contributed by atoms with Crippen molar-refractivity contribution in [3.63, 3.8) is 0 Å². The smallest absolute Gasteiger partial charge is 0.0895 e. The molecule has 0 aliphatic carbocycles. The third-order valence-corrected chi connectivity index (χ3v) is 4.73. The van der Waals surface area contributed by atoms with E-state index in [1.165, 1.54) is 39.3 Å². The highest BCUT2D eigenvalue weighted by Crippen LogP contribution is 2.03.